The number of amides is 1. The number of carbonyl (C=O) groups excluding carboxylic acids is 1. The Morgan fingerprint density at radius 3 is 2.64 bits per heavy atom. The lowest BCUT2D eigenvalue weighted by Gasteiger charge is -2.37. The molecular weight excluding hydrogens is 319 g/mol. The van der Waals surface area contributed by atoms with Gasteiger partial charge in [0.1, 0.15) is 5.82 Å². The summed E-state index contributed by atoms with van der Waals surface area (Å²) in [5.41, 5.74) is 1.55. The minimum atomic E-state index is -0.256. The molecular formula is C20H21FN2O2. The van der Waals surface area contributed by atoms with Gasteiger partial charge < -0.3 is 10.1 Å². The van der Waals surface area contributed by atoms with Crippen molar-refractivity contribution in [1.29, 1.82) is 0 Å². The van der Waals surface area contributed by atoms with Crippen LogP contribution in [0.15, 0.2) is 54.7 Å². The molecule has 1 aliphatic rings. The molecule has 3 rings (SSSR count). The Balaban J connectivity index is 1.67. The van der Waals surface area contributed by atoms with E-state index in [1.165, 1.54) is 18.2 Å². The lowest BCUT2D eigenvalue weighted by atomic mass is 9.74. The van der Waals surface area contributed by atoms with Gasteiger partial charge in [0, 0.05) is 37.4 Å². The summed E-state index contributed by atoms with van der Waals surface area (Å²) in [7, 11) is 0. The number of nitrogens with zero attached hydrogens (tertiary/aromatic N) is 1. The monoisotopic (exact) mass is 340 g/mol. The number of rotatable bonds is 5. The van der Waals surface area contributed by atoms with E-state index in [9.17, 15) is 9.18 Å². The average molecular weight is 340 g/mol. The van der Waals surface area contributed by atoms with Gasteiger partial charge >= 0.3 is 0 Å². The molecule has 0 radical (unpaired) electrons. The largest absolute Gasteiger partial charge is 0.381 e. The van der Waals surface area contributed by atoms with E-state index in [-0.39, 0.29) is 17.1 Å². The Bertz CT molecular complexity index is 723. The predicted molar refractivity (Wildman–Crippen MR) is 94.4 cm³/mol. The number of pyridine rings is 1. The van der Waals surface area contributed by atoms with Crippen LogP contribution in [0.4, 0.5) is 4.39 Å². The number of halogens is 1. The minimum Gasteiger partial charge on any atom is -0.381 e. The maximum atomic E-state index is 13.2. The molecule has 25 heavy (non-hydrogen) atoms. The van der Waals surface area contributed by atoms with E-state index in [4.69, 9.17) is 4.74 Å². The third kappa shape index (κ3) is 4.51. The SMILES string of the molecule is O=C(/C=C/c1ccccn1)NCC1(c2ccc(F)cc2)CCOCC1. The number of hydrogen-bond acceptors (Lipinski definition) is 3. The average Bonchev–Trinajstić information content (AvgIpc) is 2.67. The summed E-state index contributed by atoms with van der Waals surface area (Å²) in [5.74, 6) is -0.424. The summed E-state index contributed by atoms with van der Waals surface area (Å²) < 4.78 is 18.7. The van der Waals surface area contributed by atoms with E-state index in [2.05, 4.69) is 10.3 Å². The van der Waals surface area contributed by atoms with Gasteiger partial charge in [0.05, 0.1) is 5.69 Å². The Morgan fingerprint density at radius 1 is 1.20 bits per heavy atom. The molecule has 1 aliphatic heterocycles. The van der Waals surface area contributed by atoms with Crippen molar-refractivity contribution in [1.82, 2.24) is 10.3 Å². The zero-order chi connectivity index (χ0) is 17.5. The van der Waals surface area contributed by atoms with Crippen molar-refractivity contribution in [3.63, 3.8) is 0 Å². The molecule has 1 aromatic heterocycles. The van der Waals surface area contributed by atoms with E-state index in [1.54, 1.807) is 24.4 Å². The highest BCUT2D eigenvalue weighted by Gasteiger charge is 2.34. The first kappa shape index (κ1) is 17.3. The molecule has 130 valence electrons. The van der Waals surface area contributed by atoms with Gasteiger partial charge in [-0.2, -0.15) is 0 Å². The molecule has 1 saturated heterocycles. The van der Waals surface area contributed by atoms with Crippen molar-refractivity contribution in [3.8, 4) is 0 Å². The normalized spacial score (nSPS) is 16.7. The number of benzene rings is 1. The van der Waals surface area contributed by atoms with Crippen LogP contribution in [0, 0.1) is 5.82 Å². The summed E-state index contributed by atoms with van der Waals surface area (Å²) in [6.45, 7) is 1.77. The molecule has 1 fully saturated rings. The fourth-order valence-electron chi connectivity index (χ4n) is 3.08. The van der Waals surface area contributed by atoms with E-state index in [0.717, 1.165) is 24.1 Å². The van der Waals surface area contributed by atoms with Crippen LogP contribution in [0.1, 0.15) is 24.1 Å². The van der Waals surface area contributed by atoms with Crippen molar-refractivity contribution >= 4 is 12.0 Å². The summed E-state index contributed by atoms with van der Waals surface area (Å²) in [6, 6.07) is 12.1. The zero-order valence-corrected chi connectivity index (χ0v) is 14.0. The molecule has 0 unspecified atom stereocenters. The maximum absolute atomic E-state index is 13.2. The van der Waals surface area contributed by atoms with E-state index in [0.29, 0.717) is 19.8 Å². The van der Waals surface area contributed by atoms with Gasteiger partial charge in [-0.15, -0.1) is 0 Å². The second-order valence-electron chi connectivity index (χ2n) is 6.21. The lowest BCUT2D eigenvalue weighted by Crippen LogP contribution is -2.44. The molecule has 0 spiro atoms. The van der Waals surface area contributed by atoms with Gasteiger partial charge in [-0.05, 0) is 48.7 Å². The predicted octanol–water partition coefficient (Wildman–Crippen LogP) is 3.10. The van der Waals surface area contributed by atoms with Crippen LogP contribution in [-0.2, 0) is 14.9 Å². The molecule has 4 nitrogen and oxygen atoms in total. The molecule has 0 saturated carbocycles. The molecule has 2 heterocycles. The van der Waals surface area contributed by atoms with Crippen LogP contribution in [0.25, 0.3) is 6.08 Å². The van der Waals surface area contributed by atoms with E-state index >= 15 is 0 Å². The number of ether oxygens (including phenoxy) is 1. The Kier molecular flexibility index (Phi) is 5.56. The van der Waals surface area contributed by atoms with Crippen molar-refractivity contribution < 1.29 is 13.9 Å². The van der Waals surface area contributed by atoms with Gasteiger partial charge in [0.15, 0.2) is 0 Å². The quantitative estimate of drug-likeness (QED) is 0.851. The van der Waals surface area contributed by atoms with E-state index < -0.39 is 0 Å². The zero-order valence-electron chi connectivity index (χ0n) is 14.0. The van der Waals surface area contributed by atoms with Crippen LogP contribution < -0.4 is 5.32 Å². The lowest BCUT2D eigenvalue weighted by molar-refractivity contribution is -0.116. The van der Waals surface area contributed by atoms with Gasteiger partial charge in [-0.1, -0.05) is 18.2 Å². The summed E-state index contributed by atoms with van der Waals surface area (Å²) in [6.07, 6.45) is 6.44. The summed E-state index contributed by atoms with van der Waals surface area (Å²) in [5, 5.41) is 2.97. The first-order valence-electron chi connectivity index (χ1n) is 8.39. The molecule has 1 N–H and O–H groups in total. The van der Waals surface area contributed by atoms with Gasteiger partial charge in [0.25, 0.3) is 0 Å². The van der Waals surface area contributed by atoms with Crippen molar-refractivity contribution in [3.05, 3.63) is 71.8 Å². The third-order valence-electron chi connectivity index (χ3n) is 4.60. The first-order chi connectivity index (χ1) is 12.2. The second kappa shape index (κ2) is 8.03. The van der Waals surface area contributed by atoms with Crippen LogP contribution in [-0.4, -0.2) is 30.6 Å². The molecule has 1 aromatic carbocycles. The van der Waals surface area contributed by atoms with Gasteiger partial charge in [-0.3, -0.25) is 9.78 Å². The molecule has 2 aromatic rings. The van der Waals surface area contributed by atoms with Crippen molar-refractivity contribution in [2.45, 2.75) is 18.3 Å². The number of aromatic nitrogens is 1. The maximum Gasteiger partial charge on any atom is 0.244 e. The smallest absolute Gasteiger partial charge is 0.244 e. The van der Waals surface area contributed by atoms with Crippen molar-refractivity contribution in [2.24, 2.45) is 0 Å². The fourth-order valence-corrected chi connectivity index (χ4v) is 3.08. The van der Waals surface area contributed by atoms with Crippen LogP contribution >= 0.6 is 0 Å². The highest BCUT2D eigenvalue weighted by Crippen LogP contribution is 2.34. The van der Waals surface area contributed by atoms with Crippen LogP contribution in [0.5, 0.6) is 0 Å². The summed E-state index contributed by atoms with van der Waals surface area (Å²) >= 11 is 0. The molecule has 0 atom stereocenters. The van der Waals surface area contributed by atoms with Crippen molar-refractivity contribution in [2.75, 3.05) is 19.8 Å². The number of nitrogens with one attached hydrogen (secondary N) is 1. The van der Waals surface area contributed by atoms with Crippen LogP contribution in [0.2, 0.25) is 0 Å². The first-order valence-corrected chi connectivity index (χ1v) is 8.39. The standard InChI is InChI=1S/C20H21FN2O2/c21-17-6-4-16(5-7-17)20(10-13-25-14-11-20)15-23-19(24)9-8-18-3-1-2-12-22-18/h1-9,12H,10-11,13-15H2,(H,23,24)/b9-8+. The molecule has 1 amide bonds. The molecule has 0 bridgehead atoms. The third-order valence-corrected chi connectivity index (χ3v) is 4.60. The Morgan fingerprint density at radius 2 is 1.96 bits per heavy atom. The van der Waals surface area contributed by atoms with Crippen LogP contribution in [0.3, 0.4) is 0 Å². The minimum absolute atomic E-state index is 0.168. The number of hydrogen-bond donors (Lipinski definition) is 1. The highest BCUT2D eigenvalue weighted by atomic mass is 19.1. The van der Waals surface area contributed by atoms with Gasteiger partial charge in [-0.25, -0.2) is 4.39 Å². The summed E-state index contributed by atoms with van der Waals surface area (Å²) in [4.78, 5) is 16.3. The molecule has 5 heteroatoms. The highest BCUT2D eigenvalue weighted by molar-refractivity contribution is 5.91. The second-order valence-corrected chi connectivity index (χ2v) is 6.21. The fraction of sp³-hybridized carbons (Fsp3) is 0.300. The van der Waals surface area contributed by atoms with Gasteiger partial charge in [0.2, 0.25) is 5.91 Å². The molecule has 0 aliphatic carbocycles. The Hall–Kier alpha value is -2.53. The van der Waals surface area contributed by atoms with E-state index in [1.807, 2.05) is 18.2 Å². The number of carbonyl (C=O) groups is 1. The topological polar surface area (TPSA) is 51.2 Å². The Labute approximate surface area is 146 Å².